The molecule has 0 unspecified atom stereocenters. The van der Waals surface area contributed by atoms with Gasteiger partial charge in [0, 0.05) is 29.1 Å². The number of oxazole rings is 1. The van der Waals surface area contributed by atoms with Gasteiger partial charge in [-0.25, -0.2) is 4.98 Å². The van der Waals surface area contributed by atoms with Gasteiger partial charge in [-0.1, -0.05) is 22.9 Å². The normalized spacial score (nSPS) is 10.7. The minimum atomic E-state index is -0.385. The second-order valence-electron chi connectivity index (χ2n) is 4.21. The molecule has 0 bridgehead atoms. The molecule has 7 heteroatoms. The Hall–Kier alpha value is -1.73. The van der Waals surface area contributed by atoms with E-state index in [1.165, 1.54) is 6.07 Å². The summed E-state index contributed by atoms with van der Waals surface area (Å²) in [5.74, 6) is 1.41. The summed E-state index contributed by atoms with van der Waals surface area (Å²) in [5, 5.41) is 14.0. The maximum absolute atomic E-state index is 10.9. The molecule has 2 rings (SSSR count). The van der Waals surface area contributed by atoms with Gasteiger partial charge in [0.15, 0.2) is 0 Å². The van der Waals surface area contributed by atoms with E-state index in [0.29, 0.717) is 24.5 Å². The molecule has 0 aliphatic carbocycles. The van der Waals surface area contributed by atoms with Crippen LogP contribution in [0.25, 0.3) is 0 Å². The highest BCUT2D eigenvalue weighted by molar-refractivity contribution is 9.10. The molecular formula is C13H14BrN3O3. The number of nitro benzene ring substituents is 1. The third-order valence-electron chi connectivity index (χ3n) is 2.78. The van der Waals surface area contributed by atoms with E-state index < -0.39 is 0 Å². The monoisotopic (exact) mass is 339 g/mol. The predicted molar refractivity (Wildman–Crippen MR) is 77.2 cm³/mol. The third kappa shape index (κ3) is 3.64. The second-order valence-corrected chi connectivity index (χ2v) is 5.12. The SMILES string of the molecule is CCc1cnc(CNCc2cc(Br)ccc2[N+](=O)[O-])o1. The van der Waals surface area contributed by atoms with Crippen molar-refractivity contribution < 1.29 is 9.34 Å². The first-order valence-electron chi connectivity index (χ1n) is 6.17. The van der Waals surface area contributed by atoms with Gasteiger partial charge in [-0.2, -0.15) is 0 Å². The van der Waals surface area contributed by atoms with Gasteiger partial charge in [-0.3, -0.25) is 10.1 Å². The van der Waals surface area contributed by atoms with Crippen molar-refractivity contribution in [3.63, 3.8) is 0 Å². The predicted octanol–water partition coefficient (Wildman–Crippen LogP) is 3.20. The van der Waals surface area contributed by atoms with Gasteiger partial charge in [0.05, 0.1) is 17.7 Å². The summed E-state index contributed by atoms with van der Waals surface area (Å²) < 4.78 is 6.26. The zero-order valence-corrected chi connectivity index (χ0v) is 12.5. The fraction of sp³-hybridized carbons (Fsp3) is 0.308. The lowest BCUT2D eigenvalue weighted by Crippen LogP contribution is -2.14. The molecule has 0 aliphatic heterocycles. The Morgan fingerprint density at radius 3 is 2.90 bits per heavy atom. The van der Waals surface area contributed by atoms with Crippen molar-refractivity contribution in [1.82, 2.24) is 10.3 Å². The Morgan fingerprint density at radius 2 is 2.25 bits per heavy atom. The van der Waals surface area contributed by atoms with Crippen molar-refractivity contribution in [2.24, 2.45) is 0 Å². The number of hydrogen-bond donors (Lipinski definition) is 1. The fourth-order valence-electron chi connectivity index (χ4n) is 1.77. The summed E-state index contributed by atoms with van der Waals surface area (Å²) in [6.45, 7) is 2.80. The fourth-order valence-corrected chi connectivity index (χ4v) is 2.18. The van der Waals surface area contributed by atoms with Gasteiger partial charge in [0.1, 0.15) is 5.76 Å². The number of hydrogen-bond acceptors (Lipinski definition) is 5. The van der Waals surface area contributed by atoms with Crippen molar-refractivity contribution in [3.8, 4) is 0 Å². The van der Waals surface area contributed by atoms with Crippen molar-refractivity contribution in [2.75, 3.05) is 0 Å². The molecule has 0 atom stereocenters. The maximum atomic E-state index is 10.9. The molecule has 0 saturated carbocycles. The molecule has 0 amide bonds. The molecule has 1 aromatic heterocycles. The second kappa shape index (κ2) is 6.62. The summed E-state index contributed by atoms with van der Waals surface area (Å²) in [6.07, 6.45) is 2.49. The van der Waals surface area contributed by atoms with Crippen molar-refractivity contribution in [3.05, 3.63) is 56.2 Å². The first-order valence-corrected chi connectivity index (χ1v) is 6.96. The van der Waals surface area contributed by atoms with Gasteiger partial charge in [0.25, 0.3) is 5.69 Å². The van der Waals surface area contributed by atoms with E-state index in [4.69, 9.17) is 4.42 Å². The van der Waals surface area contributed by atoms with E-state index in [0.717, 1.165) is 16.7 Å². The average Bonchev–Trinajstić information content (AvgIpc) is 2.86. The minimum Gasteiger partial charge on any atom is -0.444 e. The van der Waals surface area contributed by atoms with Crippen LogP contribution in [0.5, 0.6) is 0 Å². The first kappa shape index (κ1) is 14.7. The van der Waals surface area contributed by atoms with Crippen LogP contribution in [-0.4, -0.2) is 9.91 Å². The number of nitro groups is 1. The topological polar surface area (TPSA) is 81.2 Å². The molecule has 106 valence electrons. The van der Waals surface area contributed by atoms with Crippen LogP contribution in [-0.2, 0) is 19.5 Å². The first-order chi connectivity index (χ1) is 9.60. The van der Waals surface area contributed by atoms with E-state index >= 15 is 0 Å². The van der Waals surface area contributed by atoms with E-state index in [2.05, 4.69) is 26.2 Å². The summed E-state index contributed by atoms with van der Waals surface area (Å²) >= 11 is 3.31. The average molecular weight is 340 g/mol. The number of aryl methyl sites for hydroxylation is 1. The van der Waals surface area contributed by atoms with Crippen LogP contribution in [0.2, 0.25) is 0 Å². The lowest BCUT2D eigenvalue weighted by molar-refractivity contribution is -0.385. The largest absolute Gasteiger partial charge is 0.444 e. The van der Waals surface area contributed by atoms with Crippen molar-refractivity contribution >= 4 is 21.6 Å². The summed E-state index contributed by atoms with van der Waals surface area (Å²) in [4.78, 5) is 14.7. The number of nitrogens with one attached hydrogen (secondary N) is 1. The molecule has 0 saturated heterocycles. The molecular weight excluding hydrogens is 326 g/mol. The molecule has 0 radical (unpaired) electrons. The summed E-state index contributed by atoms with van der Waals surface area (Å²) in [7, 11) is 0. The molecule has 1 aromatic carbocycles. The number of halogens is 1. The Kier molecular flexibility index (Phi) is 4.86. The molecule has 0 aliphatic rings. The van der Waals surface area contributed by atoms with Crippen LogP contribution in [0, 0.1) is 10.1 Å². The van der Waals surface area contributed by atoms with Crippen LogP contribution < -0.4 is 5.32 Å². The number of rotatable bonds is 6. The van der Waals surface area contributed by atoms with Crippen LogP contribution in [0.15, 0.2) is 33.3 Å². The lowest BCUT2D eigenvalue weighted by Gasteiger charge is -2.04. The van der Waals surface area contributed by atoms with E-state index in [1.807, 2.05) is 6.92 Å². The van der Waals surface area contributed by atoms with E-state index in [-0.39, 0.29) is 10.6 Å². The zero-order chi connectivity index (χ0) is 14.5. The Balaban J connectivity index is 2.00. The highest BCUT2D eigenvalue weighted by Gasteiger charge is 2.13. The van der Waals surface area contributed by atoms with Gasteiger partial charge in [-0.15, -0.1) is 0 Å². The molecule has 20 heavy (non-hydrogen) atoms. The van der Waals surface area contributed by atoms with Crippen LogP contribution in [0.4, 0.5) is 5.69 Å². The maximum Gasteiger partial charge on any atom is 0.273 e. The Bertz CT molecular complexity index is 613. The van der Waals surface area contributed by atoms with E-state index in [9.17, 15) is 10.1 Å². The highest BCUT2D eigenvalue weighted by Crippen LogP contribution is 2.22. The van der Waals surface area contributed by atoms with Crippen molar-refractivity contribution in [2.45, 2.75) is 26.4 Å². The zero-order valence-electron chi connectivity index (χ0n) is 10.9. The van der Waals surface area contributed by atoms with Gasteiger partial charge in [0.2, 0.25) is 5.89 Å². The highest BCUT2D eigenvalue weighted by atomic mass is 79.9. The standard InChI is InChI=1S/C13H14BrN3O3/c1-2-11-7-16-13(20-11)8-15-6-9-5-10(14)3-4-12(9)17(18)19/h3-5,7,15H,2,6,8H2,1H3. The number of aromatic nitrogens is 1. The molecule has 2 aromatic rings. The Morgan fingerprint density at radius 1 is 1.45 bits per heavy atom. The van der Waals surface area contributed by atoms with E-state index in [1.54, 1.807) is 18.3 Å². The molecule has 0 spiro atoms. The van der Waals surface area contributed by atoms with Gasteiger partial charge in [-0.05, 0) is 12.1 Å². The van der Waals surface area contributed by atoms with Crippen LogP contribution >= 0.6 is 15.9 Å². The van der Waals surface area contributed by atoms with Gasteiger partial charge < -0.3 is 9.73 Å². The smallest absolute Gasteiger partial charge is 0.273 e. The Labute approximate surface area is 124 Å². The number of benzene rings is 1. The minimum absolute atomic E-state index is 0.0994. The molecule has 0 fully saturated rings. The molecule has 1 N–H and O–H groups in total. The van der Waals surface area contributed by atoms with Gasteiger partial charge >= 0.3 is 0 Å². The lowest BCUT2D eigenvalue weighted by atomic mass is 10.2. The third-order valence-corrected chi connectivity index (χ3v) is 3.27. The quantitative estimate of drug-likeness (QED) is 0.645. The van der Waals surface area contributed by atoms with Crippen LogP contribution in [0.3, 0.4) is 0 Å². The van der Waals surface area contributed by atoms with Crippen LogP contribution in [0.1, 0.15) is 24.1 Å². The molecule has 1 heterocycles. The summed E-state index contributed by atoms with van der Waals surface area (Å²) in [6, 6.07) is 4.88. The molecule has 6 nitrogen and oxygen atoms in total. The van der Waals surface area contributed by atoms with Crippen molar-refractivity contribution in [1.29, 1.82) is 0 Å². The number of nitrogens with zero attached hydrogens (tertiary/aromatic N) is 2. The summed E-state index contributed by atoms with van der Waals surface area (Å²) in [5.41, 5.74) is 0.717.